The summed E-state index contributed by atoms with van der Waals surface area (Å²) in [4.78, 5) is 10.9. The van der Waals surface area contributed by atoms with Crippen LogP contribution in [0, 0.1) is 0 Å². The smallest absolute Gasteiger partial charge is 0.221 e. The van der Waals surface area contributed by atoms with E-state index in [-0.39, 0.29) is 5.91 Å². The molecule has 0 aliphatic rings. The van der Waals surface area contributed by atoms with Crippen molar-refractivity contribution in [2.24, 2.45) is 0 Å². The zero-order valence-electron chi connectivity index (χ0n) is 9.33. The van der Waals surface area contributed by atoms with E-state index in [0.29, 0.717) is 12.5 Å². The normalized spacial score (nSPS) is 9.88. The molecule has 1 amide bonds. The number of unbranched alkanes of at least 4 members (excludes halogenated alkanes) is 1. The number of rotatable bonds is 6. The van der Waals surface area contributed by atoms with E-state index in [4.69, 9.17) is 16.3 Å². The lowest BCUT2D eigenvalue weighted by atomic mass is 10.3. The highest BCUT2D eigenvalue weighted by Crippen LogP contribution is 2.17. The van der Waals surface area contributed by atoms with Crippen molar-refractivity contribution in [3.8, 4) is 5.75 Å². The van der Waals surface area contributed by atoms with Crippen LogP contribution in [-0.2, 0) is 4.79 Å². The van der Waals surface area contributed by atoms with Gasteiger partial charge in [-0.05, 0) is 25.0 Å². The molecule has 1 aromatic rings. The number of halogens is 1. The first-order valence-electron chi connectivity index (χ1n) is 5.29. The van der Waals surface area contributed by atoms with Gasteiger partial charge in [0, 0.05) is 24.6 Å². The molecule has 0 atom stereocenters. The average Bonchev–Trinajstić information content (AvgIpc) is 2.24. The predicted molar refractivity (Wildman–Crippen MR) is 66.2 cm³/mol. The second-order valence-corrected chi connectivity index (χ2v) is 3.83. The zero-order valence-corrected chi connectivity index (χ0v) is 10.1. The minimum Gasteiger partial charge on any atom is -0.494 e. The molecule has 1 N–H and O–H groups in total. The van der Waals surface area contributed by atoms with Crippen molar-refractivity contribution in [3.63, 3.8) is 0 Å². The lowest BCUT2D eigenvalue weighted by molar-refractivity contribution is -0.114. The summed E-state index contributed by atoms with van der Waals surface area (Å²) in [7, 11) is 0. The molecule has 0 saturated carbocycles. The van der Waals surface area contributed by atoms with Crippen LogP contribution in [0.4, 0.5) is 5.69 Å². The average molecular weight is 242 g/mol. The number of anilines is 1. The Hall–Kier alpha value is -1.22. The summed E-state index contributed by atoms with van der Waals surface area (Å²) in [6, 6.07) is 7.35. The molecule has 1 aromatic carbocycles. The van der Waals surface area contributed by atoms with Crippen LogP contribution in [-0.4, -0.2) is 18.4 Å². The van der Waals surface area contributed by atoms with Crippen molar-refractivity contribution in [1.82, 2.24) is 0 Å². The van der Waals surface area contributed by atoms with Crippen LogP contribution in [0.2, 0.25) is 0 Å². The number of alkyl halides is 1. The number of carbonyl (C=O) groups excluding carboxylic acids is 1. The van der Waals surface area contributed by atoms with E-state index in [0.717, 1.165) is 24.3 Å². The number of benzene rings is 1. The monoisotopic (exact) mass is 241 g/mol. The molecule has 0 fully saturated rings. The topological polar surface area (TPSA) is 38.3 Å². The van der Waals surface area contributed by atoms with Gasteiger partial charge in [0.15, 0.2) is 0 Å². The maximum Gasteiger partial charge on any atom is 0.221 e. The van der Waals surface area contributed by atoms with E-state index in [1.165, 1.54) is 6.92 Å². The van der Waals surface area contributed by atoms with Crippen molar-refractivity contribution in [2.45, 2.75) is 19.8 Å². The fraction of sp³-hybridized carbons (Fsp3) is 0.417. The summed E-state index contributed by atoms with van der Waals surface area (Å²) in [5.74, 6) is 1.34. The molecule has 0 aromatic heterocycles. The number of ether oxygens (including phenoxy) is 1. The lowest BCUT2D eigenvalue weighted by Crippen LogP contribution is -2.06. The van der Waals surface area contributed by atoms with Gasteiger partial charge in [0.2, 0.25) is 5.91 Å². The lowest BCUT2D eigenvalue weighted by Gasteiger charge is -2.07. The largest absolute Gasteiger partial charge is 0.494 e. The van der Waals surface area contributed by atoms with Gasteiger partial charge < -0.3 is 10.1 Å². The Morgan fingerprint density at radius 3 is 2.94 bits per heavy atom. The van der Waals surface area contributed by atoms with Crippen LogP contribution in [0.15, 0.2) is 24.3 Å². The summed E-state index contributed by atoms with van der Waals surface area (Å²) in [6.07, 6.45) is 1.89. The highest BCUT2D eigenvalue weighted by Gasteiger charge is 1.98. The third kappa shape index (κ3) is 5.03. The molecule has 0 bridgehead atoms. The number of carbonyl (C=O) groups is 1. The molecule has 0 radical (unpaired) electrons. The first-order valence-corrected chi connectivity index (χ1v) is 5.82. The van der Waals surface area contributed by atoms with Gasteiger partial charge in [-0.3, -0.25) is 4.79 Å². The van der Waals surface area contributed by atoms with E-state index in [1.807, 2.05) is 24.3 Å². The Morgan fingerprint density at radius 1 is 1.44 bits per heavy atom. The van der Waals surface area contributed by atoms with Crippen LogP contribution >= 0.6 is 11.6 Å². The van der Waals surface area contributed by atoms with Crippen molar-refractivity contribution in [3.05, 3.63) is 24.3 Å². The highest BCUT2D eigenvalue weighted by molar-refractivity contribution is 6.17. The molecule has 3 nitrogen and oxygen atoms in total. The van der Waals surface area contributed by atoms with Crippen LogP contribution in [0.25, 0.3) is 0 Å². The molecule has 16 heavy (non-hydrogen) atoms. The summed E-state index contributed by atoms with van der Waals surface area (Å²) in [5.41, 5.74) is 0.752. The van der Waals surface area contributed by atoms with Gasteiger partial charge in [0.25, 0.3) is 0 Å². The fourth-order valence-corrected chi connectivity index (χ4v) is 1.44. The van der Waals surface area contributed by atoms with E-state index in [1.54, 1.807) is 0 Å². The Kier molecular flexibility index (Phi) is 5.72. The summed E-state index contributed by atoms with van der Waals surface area (Å²) >= 11 is 5.56. The zero-order chi connectivity index (χ0) is 11.8. The fourth-order valence-electron chi connectivity index (χ4n) is 1.25. The molecular formula is C12H16ClNO2. The van der Waals surface area contributed by atoms with E-state index in [9.17, 15) is 4.79 Å². The Labute approximate surface area is 101 Å². The summed E-state index contributed by atoms with van der Waals surface area (Å²) < 4.78 is 5.52. The van der Waals surface area contributed by atoms with Gasteiger partial charge >= 0.3 is 0 Å². The Balaban J connectivity index is 2.44. The highest BCUT2D eigenvalue weighted by atomic mass is 35.5. The second-order valence-electron chi connectivity index (χ2n) is 3.45. The van der Waals surface area contributed by atoms with Crippen LogP contribution in [0.3, 0.4) is 0 Å². The van der Waals surface area contributed by atoms with Crippen LogP contribution in [0.1, 0.15) is 19.8 Å². The van der Waals surface area contributed by atoms with E-state index in [2.05, 4.69) is 5.32 Å². The molecular weight excluding hydrogens is 226 g/mol. The third-order valence-corrected chi connectivity index (χ3v) is 2.22. The van der Waals surface area contributed by atoms with Gasteiger partial charge in [0.05, 0.1) is 6.61 Å². The van der Waals surface area contributed by atoms with Gasteiger partial charge in [-0.15, -0.1) is 11.6 Å². The number of hydrogen-bond donors (Lipinski definition) is 1. The quantitative estimate of drug-likeness (QED) is 0.614. The first kappa shape index (κ1) is 12.8. The maximum absolute atomic E-state index is 10.9. The second kappa shape index (κ2) is 7.12. The van der Waals surface area contributed by atoms with E-state index < -0.39 is 0 Å². The summed E-state index contributed by atoms with van der Waals surface area (Å²) in [5, 5.41) is 2.71. The molecule has 88 valence electrons. The minimum absolute atomic E-state index is 0.0840. The minimum atomic E-state index is -0.0840. The van der Waals surface area contributed by atoms with Crippen molar-refractivity contribution in [2.75, 3.05) is 17.8 Å². The molecule has 0 spiro atoms. The standard InChI is InChI=1S/C12H16ClNO2/c1-10(15)14-11-5-4-6-12(9-11)16-8-3-2-7-13/h4-6,9H,2-3,7-8H2,1H3,(H,14,15). The molecule has 0 heterocycles. The SMILES string of the molecule is CC(=O)Nc1cccc(OCCCCCl)c1. The van der Waals surface area contributed by atoms with Gasteiger partial charge in [-0.1, -0.05) is 6.07 Å². The predicted octanol–water partition coefficient (Wildman–Crippen LogP) is 3.04. The summed E-state index contributed by atoms with van der Waals surface area (Å²) in [6.45, 7) is 2.13. The van der Waals surface area contributed by atoms with Crippen LogP contribution < -0.4 is 10.1 Å². The number of amides is 1. The first-order chi connectivity index (χ1) is 7.72. The molecule has 0 unspecified atom stereocenters. The maximum atomic E-state index is 10.9. The van der Waals surface area contributed by atoms with E-state index >= 15 is 0 Å². The number of hydrogen-bond acceptors (Lipinski definition) is 2. The third-order valence-electron chi connectivity index (χ3n) is 1.95. The molecule has 0 saturated heterocycles. The van der Waals surface area contributed by atoms with Gasteiger partial charge in [0.1, 0.15) is 5.75 Å². The van der Waals surface area contributed by atoms with Crippen molar-refractivity contribution in [1.29, 1.82) is 0 Å². The Bertz CT molecular complexity index is 342. The number of nitrogens with one attached hydrogen (secondary N) is 1. The van der Waals surface area contributed by atoms with Crippen molar-refractivity contribution < 1.29 is 9.53 Å². The van der Waals surface area contributed by atoms with Crippen LogP contribution in [0.5, 0.6) is 5.75 Å². The van der Waals surface area contributed by atoms with Gasteiger partial charge in [-0.25, -0.2) is 0 Å². The van der Waals surface area contributed by atoms with Crippen molar-refractivity contribution >= 4 is 23.2 Å². The van der Waals surface area contributed by atoms with Gasteiger partial charge in [-0.2, -0.15) is 0 Å². The molecule has 0 aliphatic heterocycles. The molecule has 0 aliphatic carbocycles. The molecule has 4 heteroatoms. The molecule has 1 rings (SSSR count). The Morgan fingerprint density at radius 2 is 2.25 bits per heavy atom.